The van der Waals surface area contributed by atoms with Gasteiger partial charge in [-0.25, -0.2) is 15.0 Å². The Bertz CT molecular complexity index is 799. The van der Waals surface area contributed by atoms with Gasteiger partial charge < -0.3 is 15.5 Å². The maximum absolute atomic E-state index is 11.2. The van der Waals surface area contributed by atoms with Crippen molar-refractivity contribution in [2.45, 2.75) is 32.7 Å². The minimum Gasteiger partial charge on any atom is -0.366 e. The van der Waals surface area contributed by atoms with Crippen LogP contribution in [0, 0.1) is 13.8 Å². The molecule has 3 rings (SSSR count). The second-order valence-electron chi connectivity index (χ2n) is 6.64. The van der Waals surface area contributed by atoms with E-state index in [1.807, 2.05) is 27.0 Å². The third-order valence-electron chi connectivity index (χ3n) is 4.73. The fourth-order valence-corrected chi connectivity index (χ4v) is 3.64. The van der Waals surface area contributed by atoms with Crippen molar-refractivity contribution in [1.82, 2.24) is 15.0 Å². The molecule has 0 atom stereocenters. The van der Waals surface area contributed by atoms with Gasteiger partial charge in [-0.05, 0) is 32.8 Å². The number of piperidine rings is 1. The van der Waals surface area contributed by atoms with Crippen molar-refractivity contribution in [2.24, 2.45) is 5.73 Å². The number of anilines is 2. The zero-order valence-electron chi connectivity index (χ0n) is 15.2. The van der Waals surface area contributed by atoms with Gasteiger partial charge in [-0.2, -0.15) is 0 Å². The third kappa shape index (κ3) is 3.88. The lowest BCUT2D eigenvalue weighted by atomic mass is 10.0. The van der Waals surface area contributed by atoms with Crippen LogP contribution >= 0.6 is 11.6 Å². The molecule has 0 aromatic carbocycles. The number of amides is 1. The molecule has 3 heterocycles. The summed E-state index contributed by atoms with van der Waals surface area (Å²) in [6, 6.07) is 3.92. The molecule has 2 aromatic rings. The summed E-state index contributed by atoms with van der Waals surface area (Å²) in [7, 11) is 1.98. The summed E-state index contributed by atoms with van der Waals surface area (Å²) in [5.41, 5.74) is 6.58. The van der Waals surface area contributed by atoms with Crippen LogP contribution in [0.3, 0.4) is 0 Å². The van der Waals surface area contributed by atoms with Crippen LogP contribution in [0.15, 0.2) is 18.3 Å². The van der Waals surface area contributed by atoms with Crippen molar-refractivity contribution in [3.05, 3.63) is 40.4 Å². The number of hydrogen-bond donors (Lipinski definition) is 1. The van der Waals surface area contributed by atoms with Crippen molar-refractivity contribution in [1.29, 1.82) is 0 Å². The first-order chi connectivity index (χ1) is 12.3. The second kappa shape index (κ2) is 7.45. The summed E-state index contributed by atoms with van der Waals surface area (Å²) >= 11 is 6.31. The Morgan fingerprint density at radius 1 is 1.27 bits per heavy atom. The summed E-state index contributed by atoms with van der Waals surface area (Å²) in [6.45, 7) is 5.71. The number of primary amides is 1. The number of rotatable bonds is 4. The highest BCUT2D eigenvalue weighted by Gasteiger charge is 2.25. The van der Waals surface area contributed by atoms with Crippen LogP contribution in [-0.4, -0.2) is 47.0 Å². The molecule has 138 valence electrons. The Morgan fingerprint density at radius 3 is 2.54 bits per heavy atom. The van der Waals surface area contributed by atoms with Crippen molar-refractivity contribution < 1.29 is 4.79 Å². The Morgan fingerprint density at radius 2 is 1.96 bits per heavy atom. The molecular formula is C18H23ClN6O. The maximum atomic E-state index is 11.2. The third-order valence-corrected chi connectivity index (χ3v) is 5.01. The first-order valence-corrected chi connectivity index (χ1v) is 8.98. The molecule has 0 saturated carbocycles. The van der Waals surface area contributed by atoms with Gasteiger partial charge in [0.1, 0.15) is 17.5 Å². The van der Waals surface area contributed by atoms with E-state index in [1.165, 1.54) is 6.20 Å². The van der Waals surface area contributed by atoms with Crippen molar-refractivity contribution in [3.8, 4) is 0 Å². The van der Waals surface area contributed by atoms with E-state index in [1.54, 1.807) is 6.07 Å². The molecule has 7 nitrogen and oxygen atoms in total. The van der Waals surface area contributed by atoms with Gasteiger partial charge in [0.2, 0.25) is 5.91 Å². The summed E-state index contributed by atoms with van der Waals surface area (Å²) in [5, 5.41) is 0.438. The van der Waals surface area contributed by atoms with Gasteiger partial charge in [0.25, 0.3) is 0 Å². The highest BCUT2D eigenvalue weighted by Crippen LogP contribution is 2.28. The molecule has 0 spiro atoms. The van der Waals surface area contributed by atoms with Gasteiger partial charge >= 0.3 is 0 Å². The molecule has 1 amide bonds. The van der Waals surface area contributed by atoms with E-state index in [4.69, 9.17) is 17.3 Å². The molecule has 8 heteroatoms. The minimum atomic E-state index is -0.530. The van der Waals surface area contributed by atoms with E-state index < -0.39 is 5.91 Å². The van der Waals surface area contributed by atoms with E-state index >= 15 is 0 Å². The van der Waals surface area contributed by atoms with Crippen LogP contribution in [0.5, 0.6) is 0 Å². The number of carbonyl (C=O) groups is 1. The lowest BCUT2D eigenvalue weighted by Crippen LogP contribution is -2.44. The number of nitrogens with two attached hydrogens (primary N) is 1. The normalized spacial score (nSPS) is 15.2. The summed E-state index contributed by atoms with van der Waals surface area (Å²) < 4.78 is 0. The smallest absolute Gasteiger partial charge is 0.250 e. The molecule has 0 bridgehead atoms. The molecule has 1 saturated heterocycles. The molecule has 2 N–H and O–H groups in total. The lowest BCUT2D eigenvalue weighted by molar-refractivity contribution is 0.1000. The molecule has 26 heavy (non-hydrogen) atoms. The van der Waals surface area contributed by atoms with E-state index in [2.05, 4.69) is 24.8 Å². The van der Waals surface area contributed by atoms with Crippen molar-refractivity contribution in [2.75, 3.05) is 29.9 Å². The molecule has 1 fully saturated rings. The maximum Gasteiger partial charge on any atom is 0.250 e. The molecule has 0 aliphatic carbocycles. The van der Waals surface area contributed by atoms with Crippen LogP contribution in [0.2, 0.25) is 5.02 Å². The van der Waals surface area contributed by atoms with E-state index in [-0.39, 0.29) is 0 Å². The van der Waals surface area contributed by atoms with Crippen LogP contribution < -0.4 is 15.5 Å². The summed E-state index contributed by atoms with van der Waals surface area (Å²) in [4.78, 5) is 28.8. The number of hydrogen-bond acceptors (Lipinski definition) is 6. The molecule has 1 aliphatic rings. The van der Waals surface area contributed by atoms with Crippen LogP contribution in [-0.2, 0) is 0 Å². The average molecular weight is 375 g/mol. The standard InChI is InChI=1S/C18H23ClN6O/c1-11-8-16(23-12(2)22-11)25-6-4-14(5-7-25)24(3)18-15(19)9-13(10-21-18)17(20)26/h8-10,14H,4-7H2,1-3H3,(H2,20,26). The van der Waals surface area contributed by atoms with Gasteiger partial charge in [0, 0.05) is 44.1 Å². The number of pyridine rings is 1. The number of carbonyl (C=O) groups excluding carboxylic acids is 1. The molecule has 0 radical (unpaired) electrons. The van der Waals surface area contributed by atoms with Crippen molar-refractivity contribution >= 4 is 29.1 Å². The predicted octanol–water partition coefficient (Wildman–Crippen LogP) is 2.35. The predicted molar refractivity (Wildman–Crippen MR) is 103 cm³/mol. The monoisotopic (exact) mass is 374 g/mol. The topological polar surface area (TPSA) is 88.2 Å². The highest BCUT2D eigenvalue weighted by atomic mass is 35.5. The van der Waals surface area contributed by atoms with Crippen LogP contribution in [0.25, 0.3) is 0 Å². The van der Waals surface area contributed by atoms with Crippen LogP contribution in [0.1, 0.15) is 34.7 Å². The minimum absolute atomic E-state index is 0.316. The van der Waals surface area contributed by atoms with E-state index in [0.29, 0.717) is 22.4 Å². The average Bonchev–Trinajstić information content (AvgIpc) is 2.60. The van der Waals surface area contributed by atoms with Gasteiger partial charge in [-0.15, -0.1) is 0 Å². The SMILES string of the molecule is Cc1cc(N2CCC(N(C)c3ncc(C(N)=O)cc3Cl)CC2)nc(C)n1. The number of aryl methyl sites for hydroxylation is 2. The Kier molecular flexibility index (Phi) is 5.27. The van der Waals surface area contributed by atoms with Gasteiger partial charge in [0.05, 0.1) is 10.6 Å². The van der Waals surface area contributed by atoms with E-state index in [9.17, 15) is 4.79 Å². The Labute approximate surface area is 158 Å². The van der Waals surface area contributed by atoms with Crippen LogP contribution in [0.4, 0.5) is 11.6 Å². The highest BCUT2D eigenvalue weighted by molar-refractivity contribution is 6.33. The Hall–Kier alpha value is -2.41. The number of aromatic nitrogens is 3. The lowest BCUT2D eigenvalue weighted by Gasteiger charge is -2.38. The largest absolute Gasteiger partial charge is 0.366 e. The fraction of sp³-hybridized carbons (Fsp3) is 0.444. The Balaban J connectivity index is 1.68. The number of halogens is 1. The number of nitrogens with zero attached hydrogens (tertiary/aromatic N) is 5. The quantitative estimate of drug-likeness (QED) is 0.883. The first-order valence-electron chi connectivity index (χ1n) is 8.60. The molecule has 2 aromatic heterocycles. The van der Waals surface area contributed by atoms with E-state index in [0.717, 1.165) is 43.3 Å². The summed E-state index contributed by atoms with van der Waals surface area (Å²) in [5.74, 6) is 1.92. The zero-order chi connectivity index (χ0) is 18.8. The second-order valence-corrected chi connectivity index (χ2v) is 7.04. The molecular weight excluding hydrogens is 352 g/mol. The van der Waals surface area contributed by atoms with Gasteiger partial charge in [0.15, 0.2) is 0 Å². The molecule has 0 unspecified atom stereocenters. The first kappa shape index (κ1) is 18.4. The van der Waals surface area contributed by atoms with Gasteiger partial charge in [-0.1, -0.05) is 11.6 Å². The summed E-state index contributed by atoms with van der Waals surface area (Å²) in [6.07, 6.45) is 3.41. The van der Waals surface area contributed by atoms with Gasteiger partial charge in [-0.3, -0.25) is 4.79 Å². The molecule has 1 aliphatic heterocycles. The fourth-order valence-electron chi connectivity index (χ4n) is 3.34. The van der Waals surface area contributed by atoms with Crippen molar-refractivity contribution in [3.63, 3.8) is 0 Å². The zero-order valence-corrected chi connectivity index (χ0v) is 16.0.